The molecule has 0 radical (unpaired) electrons. The molecule has 12 nitrogen and oxygen atoms in total. The van der Waals surface area contributed by atoms with Crippen LogP contribution in [0, 0.1) is 12.7 Å². The van der Waals surface area contributed by atoms with Crippen LogP contribution in [0.25, 0.3) is 39.2 Å². The Bertz CT molecular complexity index is 3020. The summed E-state index contributed by atoms with van der Waals surface area (Å²) >= 11 is 1.37. The number of nitrogens with zero attached hydrogens (tertiary/aromatic N) is 6. The molecule has 0 aliphatic heterocycles. The fourth-order valence-electron chi connectivity index (χ4n) is 7.68. The fourth-order valence-corrected chi connectivity index (χ4v) is 8.49. The highest BCUT2D eigenvalue weighted by atomic mass is 32.1. The molecule has 4 aromatic heterocycles. The minimum atomic E-state index is -0.560. The Hall–Kier alpha value is -7.42. The lowest BCUT2D eigenvalue weighted by Crippen LogP contribution is -2.13. The van der Waals surface area contributed by atoms with Crippen molar-refractivity contribution in [2.24, 2.45) is 11.5 Å². The molecule has 4 aromatic carbocycles. The molecule has 98 heavy (non-hydrogen) atoms. The van der Waals surface area contributed by atoms with E-state index in [0.29, 0.717) is 10.7 Å². The van der Waals surface area contributed by atoms with E-state index in [2.05, 4.69) is 25.1 Å². The second kappa shape index (κ2) is 53.5. The topological polar surface area (TPSA) is 202 Å². The molecular formula is C84H120FN9O3S. The predicted octanol–water partition coefficient (Wildman–Crippen LogP) is 22.8. The van der Waals surface area contributed by atoms with Crippen molar-refractivity contribution in [3.63, 3.8) is 0 Å². The quantitative estimate of drug-likeness (QED) is 0.107. The second-order valence-corrected chi connectivity index (χ2v) is 27.4. The number of para-hydroxylation sites is 1. The molecule has 8 aromatic rings. The molecule has 10 saturated carbocycles. The van der Waals surface area contributed by atoms with Crippen molar-refractivity contribution in [2.45, 2.75) is 277 Å². The molecule has 0 bridgehead atoms. The van der Waals surface area contributed by atoms with Crippen LogP contribution in [0.5, 0.6) is 0 Å². The van der Waals surface area contributed by atoms with Crippen molar-refractivity contribution in [3.8, 4) is 39.2 Å². The van der Waals surface area contributed by atoms with Gasteiger partial charge in [-0.05, 0) is 95.9 Å². The monoisotopic (exact) mass is 1350 g/mol. The number of benzene rings is 4. The zero-order valence-electron chi connectivity index (χ0n) is 59.7. The van der Waals surface area contributed by atoms with Gasteiger partial charge in [0, 0.05) is 47.0 Å². The summed E-state index contributed by atoms with van der Waals surface area (Å²) in [6.45, 7) is 1.79. The highest BCUT2D eigenvalue weighted by molar-refractivity contribution is 7.10. The number of aromatic nitrogens is 6. The van der Waals surface area contributed by atoms with Gasteiger partial charge in [-0.3, -0.25) is 19.6 Å². The van der Waals surface area contributed by atoms with E-state index in [1.165, 1.54) is 285 Å². The van der Waals surface area contributed by atoms with Crippen LogP contribution in [0.4, 0.5) is 10.1 Å². The molecular weight excluding hydrogens is 1230 g/mol. The maximum absolute atomic E-state index is 12.7. The van der Waals surface area contributed by atoms with E-state index < -0.39 is 11.8 Å². The van der Waals surface area contributed by atoms with E-state index in [1.54, 1.807) is 37.6 Å². The first-order valence-electron chi connectivity index (χ1n) is 37.7. The Balaban J connectivity index is 0.000000199. The van der Waals surface area contributed by atoms with E-state index >= 15 is 0 Å². The van der Waals surface area contributed by atoms with Crippen molar-refractivity contribution < 1.29 is 19.1 Å². The van der Waals surface area contributed by atoms with Gasteiger partial charge >= 0.3 is 0 Å². The molecule has 10 aliphatic rings. The third-order valence-electron chi connectivity index (χ3n) is 18.1. The first-order chi connectivity index (χ1) is 48.1. The maximum Gasteiger partial charge on any atom is 0.271 e. The molecule has 10 aliphatic carbocycles. The van der Waals surface area contributed by atoms with E-state index in [-0.39, 0.29) is 24.5 Å². The number of amides is 2. The predicted molar refractivity (Wildman–Crippen MR) is 409 cm³/mol. The lowest BCUT2D eigenvalue weighted by Gasteiger charge is -2.05. The maximum atomic E-state index is 12.7. The average molecular weight is 1360 g/mol. The van der Waals surface area contributed by atoms with Gasteiger partial charge in [0.25, 0.3) is 5.91 Å². The minimum absolute atomic E-state index is 0.0939. The molecule has 14 heteroatoms. The van der Waals surface area contributed by atoms with Crippen molar-refractivity contribution in [1.82, 2.24) is 29.9 Å². The van der Waals surface area contributed by atoms with Crippen LogP contribution in [0.3, 0.4) is 0 Å². The number of primary amides is 2. The number of pyridine rings is 2. The summed E-state index contributed by atoms with van der Waals surface area (Å²) in [5.74, 6) is -1.24. The smallest absolute Gasteiger partial charge is 0.271 e. The van der Waals surface area contributed by atoms with E-state index in [4.69, 9.17) is 22.3 Å². The number of rotatable bonds is 8. The number of anilines is 1. The van der Waals surface area contributed by atoms with Crippen LogP contribution < -0.4 is 17.2 Å². The number of nitrogens with two attached hydrogens (primary N) is 3. The molecule has 18 rings (SSSR count). The molecule has 4 heterocycles. The molecule has 0 unspecified atom stereocenters. The number of carbonyl (C=O) groups excluding carboxylic acids is 2. The molecule has 532 valence electrons. The zero-order chi connectivity index (χ0) is 69.6. The number of carbonyl (C=O) groups is 2. The normalized spacial score (nSPS) is 15.8. The van der Waals surface area contributed by atoms with Gasteiger partial charge in [-0.1, -0.05) is 317 Å². The van der Waals surface area contributed by atoms with Gasteiger partial charge in [0.05, 0.1) is 30.1 Å². The van der Waals surface area contributed by atoms with Crippen molar-refractivity contribution in [3.05, 3.63) is 185 Å². The lowest BCUT2D eigenvalue weighted by molar-refractivity contribution is -0.117. The Kier molecular flexibility index (Phi) is 44.4. The molecule has 2 amide bonds. The van der Waals surface area contributed by atoms with Crippen LogP contribution in [0.2, 0.25) is 0 Å². The Morgan fingerprint density at radius 3 is 1.21 bits per heavy atom. The summed E-state index contributed by atoms with van der Waals surface area (Å²) in [6.07, 6.45) is 67.3. The summed E-state index contributed by atoms with van der Waals surface area (Å²) in [4.78, 5) is 35.3. The minimum Gasteiger partial charge on any atom is -0.399 e. The summed E-state index contributed by atoms with van der Waals surface area (Å²) < 4.78 is 12.7. The standard InChI is InChI=1S/C12H11NO.C11H9FN2OS.C11H10N2.C10H10N4O.10C4H8/c14-9-10-1-3-11(4-2-10)12-5-7-13-8-6-12;12-8-3-1-7(2-4-8)9-6-16-11(14-9)5-10(13)15;12-11-5-1-3-9(7-11)10-4-2-6-13-8-10;1-7-9(10(11)15)13-14(12-7)8-5-3-2-4-6-8;10*1-2-4-3-1/h1-8,14H,9H2;1-4,6H,5H2,(H2,13,15);1-8H,12H2;2-6H,1H3,(H2,11,15);10*1-4H2. The number of hydrogen-bond acceptors (Lipinski definition) is 10. The first kappa shape index (κ1) is 81.3. The van der Waals surface area contributed by atoms with Gasteiger partial charge in [-0.25, -0.2) is 9.37 Å². The third kappa shape index (κ3) is 38.1. The number of halogens is 1. The van der Waals surface area contributed by atoms with E-state index in [1.807, 2.05) is 115 Å². The van der Waals surface area contributed by atoms with E-state index in [0.717, 1.165) is 50.4 Å². The number of thiazole rings is 1. The van der Waals surface area contributed by atoms with Crippen LogP contribution in [-0.4, -0.2) is 46.9 Å². The highest BCUT2D eigenvalue weighted by Gasteiger charge is 2.13. The Labute approximate surface area is 593 Å². The highest BCUT2D eigenvalue weighted by Crippen LogP contribution is 2.25. The molecule has 0 atom stereocenters. The second-order valence-electron chi connectivity index (χ2n) is 26.5. The Morgan fingerprint density at radius 1 is 0.449 bits per heavy atom. The average Bonchev–Trinajstić information content (AvgIpc) is 1.68. The lowest BCUT2D eigenvalue weighted by atomic mass is 10.0. The number of aryl methyl sites for hydroxylation is 1. The fraction of sp³-hybridized carbons (Fsp3) is 0.512. The zero-order valence-corrected chi connectivity index (χ0v) is 60.5. The van der Waals surface area contributed by atoms with Gasteiger partial charge in [-0.15, -0.1) is 16.4 Å². The van der Waals surface area contributed by atoms with Crippen molar-refractivity contribution >= 4 is 28.8 Å². The van der Waals surface area contributed by atoms with Crippen LogP contribution in [0.1, 0.15) is 284 Å². The molecule has 0 spiro atoms. The SMILES string of the molecule is C1CCC1.C1CCC1.C1CCC1.C1CCC1.C1CCC1.C1CCC1.C1CCC1.C1CCC1.C1CCC1.C1CCC1.Cc1nn(-c2ccccc2)nc1C(N)=O.NC(=O)Cc1nc(-c2ccc(F)cc2)cs1.Nc1cccc(-c2cccnc2)c1.OCc1ccc(-c2ccncc2)cc1. The first-order valence-corrected chi connectivity index (χ1v) is 38.6. The van der Waals surface area contributed by atoms with E-state index in [9.17, 15) is 14.0 Å². The number of nitrogen functional groups attached to an aromatic ring is 1. The van der Waals surface area contributed by atoms with Crippen molar-refractivity contribution in [2.75, 3.05) is 5.73 Å². The Morgan fingerprint density at radius 2 is 0.857 bits per heavy atom. The summed E-state index contributed by atoms with van der Waals surface area (Å²) in [6, 6.07) is 38.9. The van der Waals surface area contributed by atoms with Gasteiger partial charge in [0.2, 0.25) is 5.91 Å². The number of aliphatic hydroxyl groups excluding tert-OH is 1. The van der Waals surface area contributed by atoms with Gasteiger partial charge in [0.15, 0.2) is 5.69 Å². The molecule has 7 N–H and O–H groups in total. The summed E-state index contributed by atoms with van der Waals surface area (Å²) in [7, 11) is 0. The van der Waals surface area contributed by atoms with Crippen LogP contribution in [-0.2, 0) is 17.8 Å². The summed E-state index contributed by atoms with van der Waals surface area (Å²) in [5, 5.41) is 19.5. The van der Waals surface area contributed by atoms with Gasteiger partial charge in [0.1, 0.15) is 10.8 Å². The van der Waals surface area contributed by atoms with Crippen LogP contribution in [0.15, 0.2) is 158 Å². The van der Waals surface area contributed by atoms with Crippen molar-refractivity contribution in [1.29, 1.82) is 0 Å². The molecule has 0 saturated heterocycles. The third-order valence-corrected chi connectivity index (χ3v) is 18.9. The van der Waals surface area contributed by atoms with Crippen LogP contribution >= 0.6 is 11.3 Å². The summed E-state index contributed by atoms with van der Waals surface area (Å²) in [5.41, 5.74) is 25.2. The van der Waals surface area contributed by atoms with Gasteiger partial charge in [-0.2, -0.15) is 9.90 Å². The number of aliphatic hydroxyl groups is 1. The largest absolute Gasteiger partial charge is 0.399 e. The molecule has 10 fully saturated rings. The van der Waals surface area contributed by atoms with Gasteiger partial charge < -0.3 is 22.3 Å². The number of hydrogen-bond donors (Lipinski definition) is 4.